The zero-order valence-electron chi connectivity index (χ0n) is 18.0. The summed E-state index contributed by atoms with van der Waals surface area (Å²) in [6.45, 7) is 6.08. The van der Waals surface area contributed by atoms with Crippen molar-refractivity contribution in [2.75, 3.05) is 49.5 Å². The van der Waals surface area contributed by atoms with Crippen molar-refractivity contribution in [1.82, 2.24) is 34.4 Å². The SMILES string of the molecule is c1ccc(-c2nnc3cc(NCCCCN4CCN(c5ncccn5)CC4)ncn23)cc1. The topological polar surface area (TPSA) is 87.4 Å². The van der Waals surface area contributed by atoms with E-state index in [-0.39, 0.29) is 0 Å². The number of nitrogens with zero attached hydrogens (tertiary/aromatic N) is 8. The van der Waals surface area contributed by atoms with Crippen LogP contribution in [0.25, 0.3) is 17.0 Å². The number of anilines is 2. The van der Waals surface area contributed by atoms with Gasteiger partial charge in [0.05, 0.1) is 0 Å². The van der Waals surface area contributed by atoms with Gasteiger partial charge in [0.2, 0.25) is 5.95 Å². The number of fused-ring (bicyclic) bond motifs is 1. The minimum atomic E-state index is 0.793. The average molecular weight is 430 g/mol. The quantitative estimate of drug-likeness (QED) is 0.428. The molecule has 1 aliphatic rings. The highest BCUT2D eigenvalue weighted by Gasteiger charge is 2.18. The highest BCUT2D eigenvalue weighted by Crippen LogP contribution is 2.18. The van der Waals surface area contributed by atoms with Crippen molar-refractivity contribution >= 4 is 17.4 Å². The number of rotatable bonds is 8. The Hall–Kier alpha value is -3.59. The lowest BCUT2D eigenvalue weighted by Gasteiger charge is -2.34. The molecule has 0 atom stereocenters. The summed E-state index contributed by atoms with van der Waals surface area (Å²) < 4.78 is 1.92. The fourth-order valence-corrected chi connectivity index (χ4v) is 3.98. The van der Waals surface area contributed by atoms with Gasteiger partial charge in [-0.05, 0) is 25.5 Å². The van der Waals surface area contributed by atoms with Gasteiger partial charge in [0.1, 0.15) is 12.1 Å². The molecule has 0 bridgehead atoms. The summed E-state index contributed by atoms with van der Waals surface area (Å²) in [5.74, 6) is 2.48. The van der Waals surface area contributed by atoms with Crippen molar-refractivity contribution in [1.29, 1.82) is 0 Å². The van der Waals surface area contributed by atoms with E-state index in [1.807, 2.05) is 46.9 Å². The van der Waals surface area contributed by atoms with E-state index in [2.05, 4.69) is 40.3 Å². The van der Waals surface area contributed by atoms with Crippen LogP contribution in [0.15, 0.2) is 61.2 Å². The summed E-state index contributed by atoms with van der Waals surface area (Å²) in [5.41, 5.74) is 1.82. The number of benzene rings is 1. The maximum Gasteiger partial charge on any atom is 0.225 e. The second-order valence-corrected chi connectivity index (χ2v) is 7.90. The zero-order chi connectivity index (χ0) is 21.6. The minimum Gasteiger partial charge on any atom is -0.370 e. The molecule has 4 aromatic rings. The lowest BCUT2D eigenvalue weighted by molar-refractivity contribution is 0.252. The summed E-state index contributed by atoms with van der Waals surface area (Å²) in [7, 11) is 0. The molecule has 5 rings (SSSR count). The highest BCUT2D eigenvalue weighted by atomic mass is 15.3. The smallest absolute Gasteiger partial charge is 0.225 e. The molecule has 1 aliphatic heterocycles. The molecule has 164 valence electrons. The van der Waals surface area contributed by atoms with Crippen LogP contribution in [-0.2, 0) is 0 Å². The summed E-state index contributed by atoms with van der Waals surface area (Å²) in [6, 6.07) is 13.8. The molecule has 0 aliphatic carbocycles. The summed E-state index contributed by atoms with van der Waals surface area (Å²) in [4.78, 5) is 18.0. The molecule has 9 nitrogen and oxygen atoms in total. The van der Waals surface area contributed by atoms with Crippen LogP contribution < -0.4 is 10.2 Å². The maximum absolute atomic E-state index is 4.53. The lowest BCUT2D eigenvalue weighted by atomic mass is 10.2. The van der Waals surface area contributed by atoms with E-state index in [4.69, 9.17) is 0 Å². The van der Waals surface area contributed by atoms with Gasteiger partial charge in [-0.1, -0.05) is 30.3 Å². The van der Waals surface area contributed by atoms with Gasteiger partial charge in [0.15, 0.2) is 11.5 Å². The van der Waals surface area contributed by atoms with Crippen molar-refractivity contribution in [3.8, 4) is 11.4 Å². The molecule has 1 N–H and O–H groups in total. The Kier molecular flexibility index (Phi) is 6.16. The number of unbranched alkanes of at least 4 members (excludes halogenated alkanes) is 1. The molecule has 9 heteroatoms. The molecule has 1 fully saturated rings. The summed E-state index contributed by atoms with van der Waals surface area (Å²) in [6.07, 6.45) is 7.64. The lowest BCUT2D eigenvalue weighted by Crippen LogP contribution is -2.47. The molecule has 3 aromatic heterocycles. The Bertz CT molecular complexity index is 1120. The van der Waals surface area contributed by atoms with Crippen LogP contribution in [0.1, 0.15) is 12.8 Å². The van der Waals surface area contributed by atoms with Crippen molar-refractivity contribution in [3.63, 3.8) is 0 Å². The molecule has 1 saturated heterocycles. The van der Waals surface area contributed by atoms with Gasteiger partial charge in [0.25, 0.3) is 0 Å². The van der Waals surface area contributed by atoms with E-state index >= 15 is 0 Å². The average Bonchev–Trinajstić information content (AvgIpc) is 3.29. The third-order valence-corrected chi connectivity index (χ3v) is 5.75. The molecule has 0 radical (unpaired) electrons. The Morgan fingerprint density at radius 3 is 2.47 bits per heavy atom. The molecule has 0 unspecified atom stereocenters. The fraction of sp³-hybridized carbons (Fsp3) is 0.348. The number of hydrogen-bond acceptors (Lipinski definition) is 8. The predicted octanol–water partition coefficient (Wildman–Crippen LogP) is 2.60. The molecule has 1 aromatic carbocycles. The van der Waals surface area contributed by atoms with Gasteiger partial charge in [-0.3, -0.25) is 9.30 Å². The maximum atomic E-state index is 4.53. The molecular formula is C23H27N9. The second-order valence-electron chi connectivity index (χ2n) is 7.90. The van der Waals surface area contributed by atoms with E-state index < -0.39 is 0 Å². The number of aromatic nitrogens is 6. The number of nitrogens with one attached hydrogen (secondary N) is 1. The number of piperazine rings is 1. The van der Waals surface area contributed by atoms with Crippen LogP contribution in [0, 0.1) is 0 Å². The van der Waals surface area contributed by atoms with Crippen LogP contribution in [0.4, 0.5) is 11.8 Å². The molecule has 0 amide bonds. The van der Waals surface area contributed by atoms with Crippen molar-refractivity contribution in [2.45, 2.75) is 12.8 Å². The van der Waals surface area contributed by atoms with E-state index in [1.165, 1.54) is 0 Å². The summed E-state index contributed by atoms with van der Waals surface area (Å²) >= 11 is 0. The molecule has 32 heavy (non-hydrogen) atoms. The van der Waals surface area contributed by atoms with E-state index in [1.54, 1.807) is 18.7 Å². The van der Waals surface area contributed by atoms with E-state index in [9.17, 15) is 0 Å². The Balaban J connectivity index is 1.05. The molecular weight excluding hydrogens is 402 g/mol. The predicted molar refractivity (Wildman–Crippen MR) is 125 cm³/mol. The van der Waals surface area contributed by atoms with Crippen LogP contribution >= 0.6 is 0 Å². The Labute approximate surface area is 187 Å². The Morgan fingerprint density at radius 1 is 0.844 bits per heavy atom. The third kappa shape index (κ3) is 4.67. The Morgan fingerprint density at radius 2 is 1.66 bits per heavy atom. The zero-order valence-corrected chi connectivity index (χ0v) is 18.0. The fourth-order valence-electron chi connectivity index (χ4n) is 3.98. The van der Waals surface area contributed by atoms with E-state index in [0.29, 0.717) is 0 Å². The first-order valence-electron chi connectivity index (χ1n) is 11.1. The highest BCUT2D eigenvalue weighted by molar-refractivity contribution is 5.60. The van der Waals surface area contributed by atoms with Crippen molar-refractivity contribution in [2.24, 2.45) is 0 Å². The van der Waals surface area contributed by atoms with Crippen LogP contribution in [-0.4, -0.2) is 73.7 Å². The van der Waals surface area contributed by atoms with Gasteiger partial charge in [0, 0.05) is 56.7 Å². The first kappa shape index (κ1) is 20.3. The van der Waals surface area contributed by atoms with Gasteiger partial charge in [-0.2, -0.15) is 0 Å². The van der Waals surface area contributed by atoms with Gasteiger partial charge in [-0.15, -0.1) is 10.2 Å². The van der Waals surface area contributed by atoms with Crippen LogP contribution in [0.2, 0.25) is 0 Å². The minimum absolute atomic E-state index is 0.793. The van der Waals surface area contributed by atoms with Crippen LogP contribution in [0.3, 0.4) is 0 Å². The second kappa shape index (κ2) is 9.69. The first-order valence-corrected chi connectivity index (χ1v) is 11.1. The third-order valence-electron chi connectivity index (χ3n) is 5.75. The van der Waals surface area contributed by atoms with Gasteiger partial charge in [-0.25, -0.2) is 15.0 Å². The number of hydrogen-bond donors (Lipinski definition) is 1. The van der Waals surface area contributed by atoms with E-state index in [0.717, 1.165) is 80.9 Å². The standard InChI is InChI=1S/C23H27N9/c1-2-7-19(8-3-1)22-29-28-21-17-20(27-18-32(21)22)24-9-4-5-12-30-13-15-31(16-14-30)23-25-10-6-11-26-23/h1-3,6-8,10-11,17-18,24H,4-5,9,12-16H2. The van der Waals surface area contributed by atoms with Gasteiger partial charge >= 0.3 is 0 Å². The molecule has 4 heterocycles. The summed E-state index contributed by atoms with van der Waals surface area (Å²) in [5, 5.41) is 12.0. The van der Waals surface area contributed by atoms with Crippen molar-refractivity contribution in [3.05, 3.63) is 61.2 Å². The molecule has 0 saturated carbocycles. The van der Waals surface area contributed by atoms with Gasteiger partial charge < -0.3 is 10.2 Å². The largest absolute Gasteiger partial charge is 0.370 e. The normalized spacial score (nSPS) is 14.7. The monoisotopic (exact) mass is 429 g/mol. The van der Waals surface area contributed by atoms with Crippen molar-refractivity contribution < 1.29 is 0 Å². The van der Waals surface area contributed by atoms with Crippen LogP contribution in [0.5, 0.6) is 0 Å². The first-order chi connectivity index (χ1) is 15.9. The molecule has 0 spiro atoms.